The summed E-state index contributed by atoms with van der Waals surface area (Å²) in [6.45, 7) is 3.54. The predicted molar refractivity (Wildman–Crippen MR) is 108 cm³/mol. The molecule has 2 aromatic rings. The van der Waals surface area contributed by atoms with E-state index in [4.69, 9.17) is 5.73 Å². The van der Waals surface area contributed by atoms with E-state index in [-0.39, 0.29) is 18.4 Å². The van der Waals surface area contributed by atoms with E-state index >= 15 is 0 Å². The highest BCUT2D eigenvalue weighted by atomic mass is 16.2. The molecule has 0 saturated heterocycles. The molecule has 0 aliphatic carbocycles. The third-order valence-corrected chi connectivity index (χ3v) is 4.46. The molecule has 2 aromatic carbocycles. The standard InChI is InChI=1S/C22H29N3O2/c1-18-7-9-20(10-8-18)11-12-21(26)24-17-22(27)25(16-14-23)15-13-19-5-3-2-4-6-19/h2-10H,11-17,23H2,1H3,(H,24,26). The summed E-state index contributed by atoms with van der Waals surface area (Å²) in [6, 6.07) is 18.1. The summed E-state index contributed by atoms with van der Waals surface area (Å²) in [5.74, 6) is -0.209. The minimum absolute atomic E-state index is 0.0154. The summed E-state index contributed by atoms with van der Waals surface area (Å²) in [6.07, 6.45) is 1.81. The second kappa shape index (κ2) is 11.1. The number of carbonyl (C=O) groups excluding carboxylic acids is 2. The van der Waals surface area contributed by atoms with Crippen LogP contribution in [0.2, 0.25) is 0 Å². The van der Waals surface area contributed by atoms with Gasteiger partial charge < -0.3 is 16.0 Å². The zero-order chi connectivity index (χ0) is 19.5. The molecule has 0 atom stereocenters. The number of carbonyl (C=O) groups is 2. The highest BCUT2D eigenvalue weighted by Crippen LogP contribution is 2.06. The van der Waals surface area contributed by atoms with Crippen molar-refractivity contribution in [3.8, 4) is 0 Å². The Bertz CT molecular complexity index is 714. The molecule has 0 heterocycles. The first-order chi connectivity index (χ1) is 13.1. The van der Waals surface area contributed by atoms with E-state index < -0.39 is 0 Å². The summed E-state index contributed by atoms with van der Waals surface area (Å²) in [4.78, 5) is 26.2. The van der Waals surface area contributed by atoms with Crippen LogP contribution in [0, 0.1) is 6.92 Å². The average molecular weight is 367 g/mol. The van der Waals surface area contributed by atoms with Crippen LogP contribution in [0.25, 0.3) is 0 Å². The fourth-order valence-corrected chi connectivity index (χ4v) is 2.81. The van der Waals surface area contributed by atoms with Crippen molar-refractivity contribution in [1.29, 1.82) is 0 Å². The molecule has 0 saturated carbocycles. The summed E-state index contributed by atoms with van der Waals surface area (Å²) in [5.41, 5.74) is 9.13. The van der Waals surface area contributed by atoms with E-state index in [0.29, 0.717) is 32.5 Å². The first kappa shape index (κ1) is 20.6. The number of nitrogens with one attached hydrogen (secondary N) is 1. The maximum absolute atomic E-state index is 12.4. The van der Waals surface area contributed by atoms with E-state index in [1.807, 2.05) is 61.5 Å². The van der Waals surface area contributed by atoms with Crippen LogP contribution in [0.1, 0.15) is 23.1 Å². The molecule has 144 valence electrons. The maximum atomic E-state index is 12.4. The van der Waals surface area contributed by atoms with Crippen molar-refractivity contribution in [1.82, 2.24) is 10.2 Å². The molecule has 0 radical (unpaired) electrons. The van der Waals surface area contributed by atoms with E-state index in [1.54, 1.807) is 4.90 Å². The molecule has 0 aliphatic heterocycles. The number of nitrogens with two attached hydrogens (primary N) is 1. The van der Waals surface area contributed by atoms with Gasteiger partial charge in [-0.1, -0.05) is 60.2 Å². The topological polar surface area (TPSA) is 75.4 Å². The van der Waals surface area contributed by atoms with E-state index in [1.165, 1.54) is 11.1 Å². The first-order valence-electron chi connectivity index (χ1n) is 9.42. The van der Waals surface area contributed by atoms with Gasteiger partial charge >= 0.3 is 0 Å². The van der Waals surface area contributed by atoms with Gasteiger partial charge in [0.1, 0.15) is 0 Å². The van der Waals surface area contributed by atoms with E-state index in [9.17, 15) is 9.59 Å². The van der Waals surface area contributed by atoms with Crippen LogP contribution in [-0.2, 0) is 22.4 Å². The zero-order valence-corrected chi connectivity index (χ0v) is 16.0. The molecule has 5 heteroatoms. The van der Waals surface area contributed by atoms with Gasteiger partial charge in [0.05, 0.1) is 6.54 Å². The molecule has 0 aliphatic rings. The van der Waals surface area contributed by atoms with Gasteiger partial charge in [0.2, 0.25) is 11.8 Å². The number of rotatable bonds is 10. The lowest BCUT2D eigenvalue weighted by Crippen LogP contribution is -2.43. The smallest absolute Gasteiger partial charge is 0.242 e. The van der Waals surface area contributed by atoms with Gasteiger partial charge in [-0.15, -0.1) is 0 Å². The van der Waals surface area contributed by atoms with Crippen LogP contribution >= 0.6 is 0 Å². The number of amides is 2. The summed E-state index contributed by atoms with van der Waals surface area (Å²) in [5, 5.41) is 2.73. The van der Waals surface area contributed by atoms with Crippen molar-refractivity contribution in [3.63, 3.8) is 0 Å². The summed E-state index contributed by atoms with van der Waals surface area (Å²) >= 11 is 0. The van der Waals surface area contributed by atoms with Crippen molar-refractivity contribution in [3.05, 3.63) is 71.3 Å². The van der Waals surface area contributed by atoms with Crippen molar-refractivity contribution in [2.45, 2.75) is 26.2 Å². The Morgan fingerprint density at radius 1 is 0.926 bits per heavy atom. The Hall–Kier alpha value is -2.66. The zero-order valence-electron chi connectivity index (χ0n) is 16.0. The van der Waals surface area contributed by atoms with Crippen molar-refractivity contribution in [2.24, 2.45) is 5.73 Å². The lowest BCUT2D eigenvalue weighted by molar-refractivity contribution is -0.132. The lowest BCUT2D eigenvalue weighted by atomic mass is 10.1. The Labute approximate surface area is 161 Å². The van der Waals surface area contributed by atoms with Crippen LogP contribution in [0.15, 0.2) is 54.6 Å². The van der Waals surface area contributed by atoms with Crippen molar-refractivity contribution in [2.75, 3.05) is 26.2 Å². The van der Waals surface area contributed by atoms with Crippen molar-refractivity contribution >= 4 is 11.8 Å². The molecule has 5 nitrogen and oxygen atoms in total. The molecule has 0 bridgehead atoms. The molecular weight excluding hydrogens is 338 g/mol. The number of aryl methyl sites for hydroxylation is 2. The quantitative estimate of drug-likeness (QED) is 0.675. The number of nitrogens with zero attached hydrogens (tertiary/aromatic N) is 1. The van der Waals surface area contributed by atoms with Crippen LogP contribution < -0.4 is 11.1 Å². The van der Waals surface area contributed by atoms with Gasteiger partial charge in [0, 0.05) is 26.1 Å². The van der Waals surface area contributed by atoms with Gasteiger partial charge in [-0.05, 0) is 30.9 Å². The van der Waals surface area contributed by atoms with E-state index in [0.717, 1.165) is 12.0 Å². The fourth-order valence-electron chi connectivity index (χ4n) is 2.81. The Balaban J connectivity index is 1.74. The molecular formula is C22H29N3O2. The largest absolute Gasteiger partial charge is 0.347 e. The Morgan fingerprint density at radius 3 is 2.26 bits per heavy atom. The minimum Gasteiger partial charge on any atom is -0.347 e. The van der Waals surface area contributed by atoms with Crippen molar-refractivity contribution < 1.29 is 9.59 Å². The molecule has 2 amide bonds. The summed E-state index contributed by atoms with van der Waals surface area (Å²) < 4.78 is 0. The Morgan fingerprint density at radius 2 is 1.59 bits per heavy atom. The minimum atomic E-state index is -0.111. The highest BCUT2D eigenvalue weighted by Gasteiger charge is 2.14. The molecule has 27 heavy (non-hydrogen) atoms. The van der Waals surface area contributed by atoms with Crippen LogP contribution in [-0.4, -0.2) is 42.9 Å². The second-order valence-corrected chi connectivity index (χ2v) is 6.67. The first-order valence-corrected chi connectivity index (χ1v) is 9.42. The fraction of sp³-hybridized carbons (Fsp3) is 0.364. The maximum Gasteiger partial charge on any atom is 0.242 e. The van der Waals surface area contributed by atoms with Crippen LogP contribution in [0.3, 0.4) is 0 Å². The third-order valence-electron chi connectivity index (χ3n) is 4.46. The molecule has 0 fully saturated rings. The van der Waals surface area contributed by atoms with Gasteiger partial charge in [-0.25, -0.2) is 0 Å². The number of hydrogen-bond acceptors (Lipinski definition) is 3. The monoisotopic (exact) mass is 367 g/mol. The van der Waals surface area contributed by atoms with Crippen LogP contribution in [0.4, 0.5) is 0 Å². The van der Waals surface area contributed by atoms with E-state index in [2.05, 4.69) is 5.32 Å². The lowest BCUT2D eigenvalue weighted by Gasteiger charge is -2.22. The van der Waals surface area contributed by atoms with Crippen LogP contribution in [0.5, 0.6) is 0 Å². The molecule has 3 N–H and O–H groups in total. The van der Waals surface area contributed by atoms with Gasteiger partial charge in [-0.2, -0.15) is 0 Å². The highest BCUT2D eigenvalue weighted by molar-refractivity contribution is 5.84. The average Bonchev–Trinajstić information content (AvgIpc) is 2.69. The normalized spacial score (nSPS) is 10.4. The number of benzene rings is 2. The second-order valence-electron chi connectivity index (χ2n) is 6.67. The SMILES string of the molecule is Cc1ccc(CCC(=O)NCC(=O)N(CCN)CCc2ccccc2)cc1. The summed E-state index contributed by atoms with van der Waals surface area (Å²) in [7, 11) is 0. The predicted octanol–water partition coefficient (Wildman–Crippen LogP) is 2.07. The third kappa shape index (κ3) is 7.62. The van der Waals surface area contributed by atoms with Gasteiger partial charge in [0.25, 0.3) is 0 Å². The molecule has 0 spiro atoms. The molecule has 0 aromatic heterocycles. The molecule has 0 unspecified atom stereocenters. The Kier molecular flexibility index (Phi) is 8.52. The van der Waals surface area contributed by atoms with Gasteiger partial charge in [-0.3, -0.25) is 9.59 Å². The number of hydrogen-bond donors (Lipinski definition) is 2. The van der Waals surface area contributed by atoms with Gasteiger partial charge in [0.15, 0.2) is 0 Å². The molecule has 2 rings (SSSR count).